The topological polar surface area (TPSA) is 47.6 Å². The Kier molecular flexibility index (Phi) is 4.27. The average molecular weight is 326 g/mol. The van der Waals surface area contributed by atoms with E-state index in [4.69, 9.17) is 10.5 Å². The molecule has 14 heavy (non-hydrogen) atoms. The third-order valence-corrected chi connectivity index (χ3v) is 4.30. The highest BCUT2D eigenvalue weighted by Crippen LogP contribution is 2.35. The van der Waals surface area contributed by atoms with Crippen molar-refractivity contribution in [2.24, 2.45) is 10.7 Å². The third-order valence-electron chi connectivity index (χ3n) is 2.00. The Labute approximate surface area is 103 Å². The number of hydrogen-bond acceptors (Lipinski definition) is 4. The van der Waals surface area contributed by atoms with Crippen LogP contribution in [0.4, 0.5) is 0 Å². The van der Waals surface area contributed by atoms with E-state index in [2.05, 4.69) is 27.6 Å². The van der Waals surface area contributed by atoms with Crippen LogP contribution < -0.4 is 5.73 Å². The molecule has 1 unspecified atom stereocenters. The molecule has 0 aromatic rings. The number of nitrogens with zero attached hydrogens (tertiary/aromatic N) is 1. The molecule has 1 rings (SSSR count). The van der Waals surface area contributed by atoms with E-state index in [1.807, 2.05) is 20.1 Å². The quantitative estimate of drug-likeness (QED) is 0.627. The fraction of sp³-hybridized carbons (Fsp3) is 0.667. The minimum Gasteiger partial charge on any atom is -0.467 e. The molecule has 0 aromatic heterocycles. The van der Waals surface area contributed by atoms with Crippen LogP contribution in [0.25, 0.3) is 0 Å². The lowest BCUT2D eigenvalue weighted by atomic mass is 10.2. The van der Waals surface area contributed by atoms with Crippen LogP contribution in [-0.2, 0) is 4.74 Å². The highest BCUT2D eigenvalue weighted by Gasteiger charge is 2.34. The second-order valence-electron chi connectivity index (χ2n) is 3.09. The molecule has 0 spiro atoms. The summed E-state index contributed by atoms with van der Waals surface area (Å²) < 4.78 is 6.74. The van der Waals surface area contributed by atoms with Crippen molar-refractivity contribution < 1.29 is 4.74 Å². The first-order valence-electron chi connectivity index (χ1n) is 4.45. The van der Waals surface area contributed by atoms with Gasteiger partial charge in [0.15, 0.2) is 0 Å². The zero-order chi connectivity index (χ0) is 10.8. The van der Waals surface area contributed by atoms with Gasteiger partial charge in [-0.25, -0.2) is 0 Å². The summed E-state index contributed by atoms with van der Waals surface area (Å²) >= 11 is 3.78. The summed E-state index contributed by atoms with van der Waals surface area (Å²) in [7, 11) is 0. The van der Waals surface area contributed by atoms with Crippen LogP contribution in [0.5, 0.6) is 0 Å². The van der Waals surface area contributed by atoms with E-state index >= 15 is 0 Å². The molecule has 0 amide bonds. The second-order valence-corrected chi connectivity index (χ2v) is 5.26. The van der Waals surface area contributed by atoms with Crippen LogP contribution in [0.2, 0.25) is 0 Å². The van der Waals surface area contributed by atoms with Crippen molar-refractivity contribution in [2.45, 2.75) is 25.3 Å². The van der Waals surface area contributed by atoms with Crippen molar-refractivity contribution in [3.8, 4) is 0 Å². The largest absolute Gasteiger partial charge is 0.467 e. The van der Waals surface area contributed by atoms with Crippen LogP contribution in [-0.4, -0.2) is 23.6 Å². The lowest BCUT2D eigenvalue weighted by molar-refractivity contribution is 0.0923. The van der Waals surface area contributed by atoms with Crippen molar-refractivity contribution in [3.05, 3.63) is 9.34 Å². The molecule has 0 aliphatic carbocycles. The Morgan fingerprint density at radius 1 is 1.71 bits per heavy atom. The first-order chi connectivity index (χ1) is 6.52. The Morgan fingerprint density at radius 3 is 2.86 bits per heavy atom. The number of halogens is 1. The summed E-state index contributed by atoms with van der Waals surface area (Å²) in [6.45, 7) is 4.75. The highest BCUT2D eigenvalue weighted by atomic mass is 127. The first kappa shape index (κ1) is 12.3. The second kappa shape index (κ2) is 4.85. The number of rotatable bonds is 2. The van der Waals surface area contributed by atoms with Crippen molar-refractivity contribution in [2.75, 3.05) is 12.8 Å². The van der Waals surface area contributed by atoms with E-state index in [0.717, 1.165) is 21.6 Å². The molecule has 80 valence electrons. The maximum Gasteiger partial charge on any atom is 0.211 e. The molecule has 1 aliphatic rings. The summed E-state index contributed by atoms with van der Waals surface area (Å²) in [5, 5.41) is -0.632. The SMILES string of the molecule is CCN=C1CC(N)(SC)OC(C)=C1I. The normalized spacial score (nSPS) is 30.8. The maximum absolute atomic E-state index is 6.05. The van der Waals surface area contributed by atoms with Crippen molar-refractivity contribution >= 4 is 40.1 Å². The third kappa shape index (κ3) is 2.64. The lowest BCUT2D eigenvalue weighted by Gasteiger charge is -2.33. The van der Waals surface area contributed by atoms with E-state index in [1.165, 1.54) is 11.8 Å². The van der Waals surface area contributed by atoms with Crippen molar-refractivity contribution in [1.29, 1.82) is 0 Å². The fourth-order valence-electron chi connectivity index (χ4n) is 1.28. The summed E-state index contributed by atoms with van der Waals surface area (Å²) in [6, 6.07) is 0. The molecule has 0 radical (unpaired) electrons. The zero-order valence-corrected chi connectivity index (χ0v) is 11.6. The zero-order valence-electron chi connectivity index (χ0n) is 8.63. The van der Waals surface area contributed by atoms with Gasteiger partial charge in [-0.15, -0.1) is 11.8 Å². The summed E-state index contributed by atoms with van der Waals surface area (Å²) in [5.74, 6) is 0.876. The van der Waals surface area contributed by atoms with E-state index in [-0.39, 0.29) is 0 Å². The lowest BCUT2D eigenvalue weighted by Crippen LogP contribution is -2.43. The van der Waals surface area contributed by atoms with Crippen molar-refractivity contribution in [1.82, 2.24) is 0 Å². The molecule has 0 saturated heterocycles. The summed E-state index contributed by atoms with van der Waals surface area (Å²) in [5.41, 5.74) is 7.12. The molecule has 0 bridgehead atoms. The Bertz CT molecular complexity index is 291. The summed E-state index contributed by atoms with van der Waals surface area (Å²) in [6.07, 6.45) is 2.63. The number of ether oxygens (including phenoxy) is 1. The molecule has 0 saturated carbocycles. The standard InChI is InChI=1S/C9H15IN2OS/c1-4-12-7-5-9(11,14-3)13-6(2)8(7)10/h4-5,11H2,1-3H3. The molecule has 1 aliphatic heterocycles. The van der Waals surface area contributed by atoms with Gasteiger partial charge in [0.1, 0.15) is 5.76 Å². The number of nitrogens with two attached hydrogens (primary N) is 1. The van der Waals surface area contributed by atoms with Crippen LogP contribution in [0.3, 0.4) is 0 Å². The average Bonchev–Trinajstić information content (AvgIpc) is 2.14. The molecule has 0 fully saturated rings. The monoisotopic (exact) mass is 326 g/mol. The molecular formula is C9H15IN2OS. The van der Waals surface area contributed by atoms with Crippen LogP contribution >= 0.6 is 34.4 Å². The predicted octanol–water partition coefficient (Wildman–Crippen LogP) is 2.51. The number of allylic oxidation sites excluding steroid dienone is 2. The van der Waals surface area contributed by atoms with Crippen LogP contribution in [0.1, 0.15) is 20.3 Å². The molecule has 5 heteroatoms. The Morgan fingerprint density at radius 2 is 2.36 bits per heavy atom. The predicted molar refractivity (Wildman–Crippen MR) is 70.8 cm³/mol. The van der Waals surface area contributed by atoms with E-state index < -0.39 is 5.06 Å². The van der Waals surface area contributed by atoms with E-state index in [0.29, 0.717) is 6.42 Å². The van der Waals surface area contributed by atoms with Gasteiger partial charge >= 0.3 is 0 Å². The smallest absolute Gasteiger partial charge is 0.211 e. The first-order valence-corrected chi connectivity index (χ1v) is 6.76. The van der Waals surface area contributed by atoms with Crippen LogP contribution in [0, 0.1) is 0 Å². The van der Waals surface area contributed by atoms with Gasteiger partial charge in [0.05, 0.1) is 15.7 Å². The number of aliphatic imine (C=N–C) groups is 1. The Hall–Kier alpha value is 0.250. The number of hydrogen-bond donors (Lipinski definition) is 1. The van der Waals surface area contributed by atoms with E-state index in [9.17, 15) is 0 Å². The van der Waals surface area contributed by atoms with Gasteiger partial charge < -0.3 is 4.74 Å². The maximum atomic E-state index is 6.05. The molecular weight excluding hydrogens is 311 g/mol. The van der Waals surface area contributed by atoms with Crippen LogP contribution in [0.15, 0.2) is 14.3 Å². The minimum absolute atomic E-state index is 0.632. The molecule has 2 N–H and O–H groups in total. The highest BCUT2D eigenvalue weighted by molar-refractivity contribution is 14.1. The minimum atomic E-state index is -0.632. The molecule has 1 atom stereocenters. The Balaban J connectivity index is 2.99. The van der Waals surface area contributed by atoms with Gasteiger partial charge in [-0.1, -0.05) is 0 Å². The van der Waals surface area contributed by atoms with Gasteiger partial charge in [0.25, 0.3) is 0 Å². The van der Waals surface area contributed by atoms with Gasteiger partial charge in [-0.3, -0.25) is 10.7 Å². The van der Waals surface area contributed by atoms with Gasteiger partial charge in [0, 0.05) is 6.54 Å². The summed E-state index contributed by atoms with van der Waals surface area (Å²) in [4.78, 5) is 4.44. The molecule has 3 nitrogen and oxygen atoms in total. The van der Waals surface area contributed by atoms with Crippen molar-refractivity contribution in [3.63, 3.8) is 0 Å². The van der Waals surface area contributed by atoms with E-state index in [1.54, 1.807) is 0 Å². The van der Waals surface area contributed by atoms with Gasteiger partial charge in [-0.2, -0.15) is 0 Å². The van der Waals surface area contributed by atoms with Gasteiger partial charge in [-0.05, 0) is 42.7 Å². The fourth-order valence-corrected chi connectivity index (χ4v) is 2.24. The number of thioether (sulfide) groups is 1. The van der Waals surface area contributed by atoms with Gasteiger partial charge in [0.2, 0.25) is 5.06 Å². The molecule has 0 aromatic carbocycles. The molecule has 1 heterocycles.